The van der Waals surface area contributed by atoms with Gasteiger partial charge in [0, 0.05) is 19.3 Å². The van der Waals surface area contributed by atoms with E-state index in [1.54, 1.807) is 0 Å². The highest BCUT2D eigenvalue weighted by molar-refractivity contribution is 7.99. The lowest BCUT2D eigenvalue weighted by Gasteiger charge is -2.24. The quantitative estimate of drug-likeness (QED) is 0.802. The molecule has 3 heteroatoms. The minimum atomic E-state index is 0.724. The standard InChI is InChI=1S/C12H23NOS/c1-2-12(3-7-14-6-1)13-10-11-4-8-15-9-5-11/h11-13H,1-10H2. The smallest absolute Gasteiger partial charge is 0.0480 e. The van der Waals surface area contributed by atoms with Crippen molar-refractivity contribution in [3.8, 4) is 0 Å². The maximum absolute atomic E-state index is 5.47. The third kappa shape index (κ3) is 4.33. The molecule has 2 aliphatic heterocycles. The molecule has 2 rings (SSSR count). The molecule has 0 radical (unpaired) electrons. The van der Waals surface area contributed by atoms with Crippen LogP contribution in [0.15, 0.2) is 0 Å². The molecule has 1 atom stereocenters. The summed E-state index contributed by atoms with van der Waals surface area (Å²) < 4.78 is 5.47. The second-order valence-electron chi connectivity index (χ2n) is 4.70. The molecule has 2 saturated heterocycles. The monoisotopic (exact) mass is 229 g/mol. The van der Waals surface area contributed by atoms with Crippen molar-refractivity contribution in [2.24, 2.45) is 5.92 Å². The minimum Gasteiger partial charge on any atom is -0.381 e. The number of nitrogens with one attached hydrogen (secondary N) is 1. The number of hydrogen-bond donors (Lipinski definition) is 1. The summed E-state index contributed by atoms with van der Waals surface area (Å²) in [6.07, 6.45) is 6.59. The summed E-state index contributed by atoms with van der Waals surface area (Å²) in [6.45, 7) is 3.17. The number of ether oxygens (including phenoxy) is 1. The van der Waals surface area contributed by atoms with Crippen molar-refractivity contribution in [2.75, 3.05) is 31.3 Å². The van der Waals surface area contributed by atoms with Crippen LogP contribution in [0.25, 0.3) is 0 Å². The normalized spacial score (nSPS) is 30.0. The van der Waals surface area contributed by atoms with Crippen molar-refractivity contribution < 1.29 is 4.74 Å². The van der Waals surface area contributed by atoms with E-state index in [9.17, 15) is 0 Å². The second-order valence-corrected chi connectivity index (χ2v) is 5.93. The lowest BCUT2D eigenvalue weighted by molar-refractivity contribution is 0.142. The Morgan fingerprint density at radius 2 is 1.93 bits per heavy atom. The van der Waals surface area contributed by atoms with Crippen LogP contribution in [0.5, 0.6) is 0 Å². The molecule has 0 aliphatic carbocycles. The van der Waals surface area contributed by atoms with Gasteiger partial charge in [0.05, 0.1) is 0 Å². The van der Waals surface area contributed by atoms with Crippen LogP contribution in [-0.2, 0) is 4.74 Å². The SMILES string of the molecule is C1COCCC(NCC2CCSCC2)C1. The summed E-state index contributed by atoms with van der Waals surface area (Å²) in [5.74, 6) is 3.69. The second kappa shape index (κ2) is 6.77. The highest BCUT2D eigenvalue weighted by Crippen LogP contribution is 2.22. The Hall–Kier alpha value is 0.270. The van der Waals surface area contributed by atoms with Crippen molar-refractivity contribution in [2.45, 2.75) is 38.1 Å². The van der Waals surface area contributed by atoms with E-state index < -0.39 is 0 Å². The van der Waals surface area contributed by atoms with Crippen molar-refractivity contribution in [3.05, 3.63) is 0 Å². The van der Waals surface area contributed by atoms with Crippen molar-refractivity contribution in [1.29, 1.82) is 0 Å². The van der Waals surface area contributed by atoms with Crippen LogP contribution in [-0.4, -0.2) is 37.3 Å². The van der Waals surface area contributed by atoms with Crippen LogP contribution >= 0.6 is 11.8 Å². The Balaban J connectivity index is 1.62. The predicted octanol–water partition coefficient (Wildman–Crippen LogP) is 2.29. The zero-order valence-corrected chi connectivity index (χ0v) is 10.4. The fourth-order valence-electron chi connectivity index (χ4n) is 2.39. The first-order valence-electron chi connectivity index (χ1n) is 6.34. The molecule has 15 heavy (non-hydrogen) atoms. The van der Waals surface area contributed by atoms with Gasteiger partial charge in [-0.05, 0) is 56.1 Å². The van der Waals surface area contributed by atoms with Crippen LogP contribution < -0.4 is 5.32 Å². The first kappa shape index (κ1) is 11.7. The van der Waals surface area contributed by atoms with Crippen molar-refractivity contribution >= 4 is 11.8 Å². The zero-order valence-electron chi connectivity index (χ0n) is 9.54. The van der Waals surface area contributed by atoms with E-state index in [0.717, 1.165) is 25.2 Å². The molecule has 0 spiro atoms. The lowest BCUT2D eigenvalue weighted by Crippen LogP contribution is -2.34. The lowest BCUT2D eigenvalue weighted by atomic mass is 10.0. The largest absolute Gasteiger partial charge is 0.381 e. The van der Waals surface area contributed by atoms with Gasteiger partial charge in [0.2, 0.25) is 0 Å². The number of thioether (sulfide) groups is 1. The highest BCUT2D eigenvalue weighted by atomic mass is 32.2. The van der Waals surface area contributed by atoms with E-state index in [-0.39, 0.29) is 0 Å². The van der Waals surface area contributed by atoms with Crippen molar-refractivity contribution in [1.82, 2.24) is 5.32 Å². The van der Waals surface area contributed by atoms with Gasteiger partial charge in [-0.2, -0.15) is 11.8 Å². The topological polar surface area (TPSA) is 21.3 Å². The first-order chi connectivity index (χ1) is 7.45. The molecule has 2 fully saturated rings. The molecule has 0 amide bonds. The molecular weight excluding hydrogens is 206 g/mol. The molecular formula is C12H23NOS. The van der Waals surface area contributed by atoms with E-state index in [1.165, 1.54) is 50.2 Å². The van der Waals surface area contributed by atoms with E-state index in [1.807, 2.05) is 0 Å². The van der Waals surface area contributed by atoms with E-state index >= 15 is 0 Å². The van der Waals surface area contributed by atoms with Gasteiger partial charge < -0.3 is 10.1 Å². The average molecular weight is 229 g/mol. The van der Waals surface area contributed by atoms with Crippen LogP contribution in [0.1, 0.15) is 32.1 Å². The summed E-state index contributed by atoms with van der Waals surface area (Å²) in [5, 5.41) is 3.74. The Morgan fingerprint density at radius 1 is 1.07 bits per heavy atom. The van der Waals surface area contributed by atoms with Crippen LogP contribution in [0, 0.1) is 5.92 Å². The van der Waals surface area contributed by atoms with Gasteiger partial charge in [-0.15, -0.1) is 0 Å². The molecule has 2 aliphatic rings. The Bertz CT molecular complexity index is 163. The maximum atomic E-state index is 5.47. The Kier molecular flexibility index (Phi) is 5.30. The summed E-state index contributed by atoms with van der Waals surface area (Å²) >= 11 is 2.12. The average Bonchev–Trinajstić information content (AvgIpc) is 2.56. The van der Waals surface area contributed by atoms with Crippen LogP contribution in [0.2, 0.25) is 0 Å². The summed E-state index contributed by atoms with van der Waals surface area (Å²) in [6, 6.07) is 0.724. The first-order valence-corrected chi connectivity index (χ1v) is 7.49. The van der Waals surface area contributed by atoms with Gasteiger partial charge in [0.25, 0.3) is 0 Å². The van der Waals surface area contributed by atoms with Crippen molar-refractivity contribution in [3.63, 3.8) is 0 Å². The van der Waals surface area contributed by atoms with Crippen LogP contribution in [0.3, 0.4) is 0 Å². The number of rotatable bonds is 3. The molecule has 0 bridgehead atoms. The molecule has 0 saturated carbocycles. The fourth-order valence-corrected chi connectivity index (χ4v) is 3.60. The summed E-state index contributed by atoms with van der Waals surface area (Å²) in [5.41, 5.74) is 0. The predicted molar refractivity (Wildman–Crippen MR) is 66.5 cm³/mol. The van der Waals surface area contributed by atoms with Gasteiger partial charge in [0.15, 0.2) is 0 Å². The molecule has 1 N–H and O–H groups in total. The maximum Gasteiger partial charge on any atom is 0.0480 e. The minimum absolute atomic E-state index is 0.724. The molecule has 2 nitrogen and oxygen atoms in total. The van der Waals surface area contributed by atoms with Gasteiger partial charge in [-0.1, -0.05) is 0 Å². The van der Waals surface area contributed by atoms with Gasteiger partial charge in [-0.25, -0.2) is 0 Å². The number of hydrogen-bond acceptors (Lipinski definition) is 3. The molecule has 0 aromatic carbocycles. The van der Waals surface area contributed by atoms with E-state index in [2.05, 4.69) is 17.1 Å². The fraction of sp³-hybridized carbons (Fsp3) is 1.00. The molecule has 1 unspecified atom stereocenters. The third-order valence-corrected chi connectivity index (χ3v) is 4.54. The van der Waals surface area contributed by atoms with Crippen LogP contribution in [0.4, 0.5) is 0 Å². The van der Waals surface area contributed by atoms with Gasteiger partial charge in [0.1, 0.15) is 0 Å². The van der Waals surface area contributed by atoms with Gasteiger partial charge in [-0.3, -0.25) is 0 Å². The summed E-state index contributed by atoms with van der Waals surface area (Å²) in [4.78, 5) is 0. The third-order valence-electron chi connectivity index (χ3n) is 3.49. The van der Waals surface area contributed by atoms with E-state index in [4.69, 9.17) is 4.74 Å². The summed E-state index contributed by atoms with van der Waals surface area (Å²) in [7, 11) is 0. The molecule has 88 valence electrons. The Labute approximate surface area is 97.5 Å². The van der Waals surface area contributed by atoms with Gasteiger partial charge >= 0.3 is 0 Å². The molecule has 0 aromatic heterocycles. The Morgan fingerprint density at radius 3 is 2.80 bits per heavy atom. The zero-order chi connectivity index (χ0) is 10.3. The molecule has 2 heterocycles. The highest BCUT2D eigenvalue weighted by Gasteiger charge is 2.16. The van der Waals surface area contributed by atoms with E-state index in [0.29, 0.717) is 0 Å². The molecule has 0 aromatic rings.